The van der Waals surface area contributed by atoms with Crippen LogP contribution in [0.4, 0.5) is 0 Å². The Morgan fingerprint density at radius 3 is 3.00 bits per heavy atom. The molecule has 0 bridgehead atoms. The first-order chi connectivity index (χ1) is 8.18. The molecule has 2 rings (SSSR count). The number of hydrogen-bond acceptors (Lipinski definition) is 4. The van der Waals surface area contributed by atoms with Crippen LogP contribution in [-0.2, 0) is 0 Å². The fourth-order valence-corrected chi connectivity index (χ4v) is 1.92. The third-order valence-corrected chi connectivity index (χ3v) is 2.89. The highest BCUT2D eigenvalue weighted by Gasteiger charge is 2.17. The Kier molecular flexibility index (Phi) is 3.58. The van der Waals surface area contributed by atoms with E-state index in [1.807, 2.05) is 0 Å². The lowest BCUT2D eigenvalue weighted by Gasteiger charge is -2.14. The van der Waals surface area contributed by atoms with Crippen molar-refractivity contribution in [3.05, 3.63) is 28.7 Å². The van der Waals surface area contributed by atoms with Gasteiger partial charge in [0.1, 0.15) is 11.3 Å². The first-order valence-corrected chi connectivity index (χ1v) is 5.78. The van der Waals surface area contributed by atoms with Crippen LogP contribution in [0.3, 0.4) is 0 Å². The van der Waals surface area contributed by atoms with Gasteiger partial charge in [-0.2, -0.15) is 0 Å². The van der Waals surface area contributed by atoms with Crippen molar-refractivity contribution in [2.45, 2.75) is 20.3 Å². The minimum Gasteiger partial charge on any atom is -0.361 e. The fourth-order valence-electron chi connectivity index (χ4n) is 1.92. The van der Waals surface area contributed by atoms with Crippen LogP contribution in [-0.4, -0.2) is 30.7 Å². The standard InChI is InChI=1S/C12H17N3O2/c1-8-11(9(2)17-15-8)12(16)14-7-10-3-5-13-6-4-10/h3,13H,4-7H2,1-2H3,(H,14,16). The van der Waals surface area contributed by atoms with E-state index < -0.39 is 0 Å². The van der Waals surface area contributed by atoms with Crippen LogP contribution in [0.2, 0.25) is 0 Å². The first-order valence-electron chi connectivity index (χ1n) is 5.78. The molecule has 0 saturated carbocycles. The van der Waals surface area contributed by atoms with Gasteiger partial charge in [0.05, 0.1) is 5.69 Å². The molecule has 1 amide bonds. The highest BCUT2D eigenvalue weighted by atomic mass is 16.5. The molecule has 5 nitrogen and oxygen atoms in total. The van der Waals surface area contributed by atoms with Crippen molar-refractivity contribution in [3.63, 3.8) is 0 Å². The molecule has 1 aromatic heterocycles. The Balaban J connectivity index is 1.96. The smallest absolute Gasteiger partial charge is 0.257 e. The van der Waals surface area contributed by atoms with Gasteiger partial charge in [0.15, 0.2) is 0 Å². The number of amides is 1. The number of aromatic nitrogens is 1. The van der Waals surface area contributed by atoms with Gasteiger partial charge in [-0.3, -0.25) is 4.79 Å². The Bertz CT molecular complexity index is 429. The third kappa shape index (κ3) is 2.74. The van der Waals surface area contributed by atoms with Gasteiger partial charge in [0, 0.05) is 13.1 Å². The quantitative estimate of drug-likeness (QED) is 0.765. The molecule has 17 heavy (non-hydrogen) atoms. The van der Waals surface area contributed by atoms with E-state index in [4.69, 9.17) is 4.52 Å². The summed E-state index contributed by atoms with van der Waals surface area (Å²) in [6, 6.07) is 0. The Hall–Kier alpha value is -1.62. The summed E-state index contributed by atoms with van der Waals surface area (Å²) in [5.41, 5.74) is 2.46. The summed E-state index contributed by atoms with van der Waals surface area (Å²) in [7, 11) is 0. The number of carbonyl (C=O) groups is 1. The zero-order chi connectivity index (χ0) is 12.3. The average Bonchev–Trinajstić information content (AvgIpc) is 2.67. The normalized spacial score (nSPS) is 15.5. The molecule has 92 valence electrons. The van der Waals surface area contributed by atoms with Gasteiger partial charge in [-0.15, -0.1) is 0 Å². The molecule has 1 aliphatic heterocycles. The van der Waals surface area contributed by atoms with Crippen molar-refractivity contribution in [3.8, 4) is 0 Å². The summed E-state index contributed by atoms with van der Waals surface area (Å²) in [5.74, 6) is 0.458. The molecular weight excluding hydrogens is 218 g/mol. The van der Waals surface area contributed by atoms with Crippen LogP contribution < -0.4 is 10.6 Å². The van der Waals surface area contributed by atoms with Crippen molar-refractivity contribution >= 4 is 5.91 Å². The number of rotatable bonds is 3. The SMILES string of the molecule is Cc1noc(C)c1C(=O)NCC1=CCNCC1. The lowest BCUT2D eigenvalue weighted by Crippen LogP contribution is -2.30. The maximum absolute atomic E-state index is 11.9. The number of nitrogens with one attached hydrogen (secondary N) is 2. The molecule has 0 radical (unpaired) electrons. The maximum atomic E-state index is 11.9. The van der Waals surface area contributed by atoms with Crippen molar-refractivity contribution in [1.82, 2.24) is 15.8 Å². The third-order valence-electron chi connectivity index (χ3n) is 2.89. The summed E-state index contributed by atoms with van der Waals surface area (Å²) < 4.78 is 4.97. The Labute approximate surface area is 100 Å². The second-order valence-electron chi connectivity index (χ2n) is 4.20. The maximum Gasteiger partial charge on any atom is 0.257 e. The van der Waals surface area contributed by atoms with E-state index in [1.54, 1.807) is 13.8 Å². The van der Waals surface area contributed by atoms with Gasteiger partial charge in [-0.05, 0) is 26.8 Å². The monoisotopic (exact) mass is 235 g/mol. The number of hydrogen-bond donors (Lipinski definition) is 2. The Morgan fingerprint density at radius 1 is 1.59 bits per heavy atom. The molecule has 5 heteroatoms. The van der Waals surface area contributed by atoms with Gasteiger partial charge in [0.2, 0.25) is 0 Å². The van der Waals surface area contributed by atoms with Crippen molar-refractivity contribution in [2.24, 2.45) is 0 Å². The van der Waals surface area contributed by atoms with Crippen molar-refractivity contribution in [1.29, 1.82) is 0 Å². The summed E-state index contributed by atoms with van der Waals surface area (Å²) in [4.78, 5) is 11.9. The summed E-state index contributed by atoms with van der Waals surface area (Å²) in [5, 5.41) is 9.91. The average molecular weight is 235 g/mol. The first kappa shape index (κ1) is 11.9. The Morgan fingerprint density at radius 2 is 2.41 bits per heavy atom. The molecule has 0 aliphatic carbocycles. The van der Waals surface area contributed by atoms with Gasteiger partial charge < -0.3 is 15.2 Å². The summed E-state index contributed by atoms with van der Waals surface area (Å²) in [6.07, 6.45) is 3.11. The molecular formula is C12H17N3O2. The van der Waals surface area contributed by atoms with Crippen molar-refractivity contribution < 1.29 is 9.32 Å². The van der Waals surface area contributed by atoms with E-state index in [2.05, 4.69) is 21.9 Å². The fraction of sp³-hybridized carbons (Fsp3) is 0.500. The molecule has 0 aromatic carbocycles. The van der Waals surface area contributed by atoms with Crippen LogP contribution in [0, 0.1) is 13.8 Å². The number of aryl methyl sites for hydroxylation is 2. The molecule has 0 atom stereocenters. The van der Waals surface area contributed by atoms with E-state index >= 15 is 0 Å². The highest BCUT2D eigenvalue weighted by Crippen LogP contribution is 2.12. The van der Waals surface area contributed by atoms with Gasteiger partial charge in [0.25, 0.3) is 5.91 Å². The predicted molar refractivity (Wildman–Crippen MR) is 63.9 cm³/mol. The molecule has 0 unspecified atom stereocenters. The summed E-state index contributed by atoms with van der Waals surface area (Å²) in [6.45, 7) is 5.99. The second kappa shape index (κ2) is 5.14. The van der Waals surface area contributed by atoms with E-state index in [0.29, 0.717) is 23.6 Å². The minimum atomic E-state index is -0.110. The van der Waals surface area contributed by atoms with Crippen LogP contribution in [0.25, 0.3) is 0 Å². The van der Waals surface area contributed by atoms with Gasteiger partial charge in [-0.1, -0.05) is 16.8 Å². The highest BCUT2D eigenvalue weighted by molar-refractivity contribution is 5.96. The number of carbonyl (C=O) groups excluding carboxylic acids is 1. The molecule has 2 N–H and O–H groups in total. The van der Waals surface area contributed by atoms with Crippen LogP contribution >= 0.6 is 0 Å². The lowest BCUT2D eigenvalue weighted by molar-refractivity contribution is 0.0954. The van der Waals surface area contributed by atoms with E-state index in [1.165, 1.54) is 5.57 Å². The molecule has 2 heterocycles. The minimum absolute atomic E-state index is 0.110. The zero-order valence-corrected chi connectivity index (χ0v) is 10.2. The molecule has 1 aliphatic rings. The van der Waals surface area contributed by atoms with Gasteiger partial charge in [-0.25, -0.2) is 0 Å². The van der Waals surface area contributed by atoms with E-state index in [0.717, 1.165) is 19.5 Å². The largest absolute Gasteiger partial charge is 0.361 e. The van der Waals surface area contributed by atoms with E-state index in [9.17, 15) is 4.79 Å². The molecule has 0 spiro atoms. The molecule has 1 aromatic rings. The molecule has 0 saturated heterocycles. The topological polar surface area (TPSA) is 67.2 Å². The zero-order valence-electron chi connectivity index (χ0n) is 10.2. The van der Waals surface area contributed by atoms with Crippen LogP contribution in [0.15, 0.2) is 16.2 Å². The number of nitrogens with zero attached hydrogens (tertiary/aromatic N) is 1. The summed E-state index contributed by atoms with van der Waals surface area (Å²) >= 11 is 0. The second-order valence-corrected chi connectivity index (χ2v) is 4.20. The van der Waals surface area contributed by atoms with Crippen LogP contribution in [0.1, 0.15) is 28.2 Å². The lowest BCUT2D eigenvalue weighted by atomic mass is 10.1. The van der Waals surface area contributed by atoms with E-state index in [-0.39, 0.29) is 5.91 Å². The molecule has 0 fully saturated rings. The van der Waals surface area contributed by atoms with Crippen molar-refractivity contribution in [2.75, 3.05) is 19.6 Å². The van der Waals surface area contributed by atoms with Crippen LogP contribution in [0.5, 0.6) is 0 Å². The predicted octanol–water partition coefficient (Wildman–Crippen LogP) is 0.941. The van der Waals surface area contributed by atoms with Gasteiger partial charge >= 0.3 is 0 Å².